The number of carbonyl (C=O) groups is 1. The summed E-state index contributed by atoms with van der Waals surface area (Å²) in [7, 11) is 0. The van der Waals surface area contributed by atoms with Gasteiger partial charge in [0.25, 0.3) is 5.91 Å². The maximum absolute atomic E-state index is 10.8. The predicted octanol–water partition coefficient (Wildman–Crippen LogP) is 1.97. The highest BCUT2D eigenvalue weighted by molar-refractivity contribution is 7.11. The van der Waals surface area contributed by atoms with Gasteiger partial charge in [-0.25, -0.2) is 0 Å². The van der Waals surface area contributed by atoms with Crippen molar-refractivity contribution in [3.05, 3.63) is 46.7 Å². The van der Waals surface area contributed by atoms with Gasteiger partial charge in [-0.3, -0.25) is 4.79 Å². The molecular weight excluding hydrogens is 170 g/mol. The van der Waals surface area contributed by atoms with E-state index in [0.29, 0.717) is 4.88 Å². The van der Waals surface area contributed by atoms with Gasteiger partial charge in [0, 0.05) is 0 Å². The highest BCUT2D eigenvalue weighted by Gasteiger charge is 1.94. The van der Waals surface area contributed by atoms with Gasteiger partial charge in [0.2, 0.25) is 0 Å². The fourth-order valence-electron chi connectivity index (χ4n) is 0.673. The van der Waals surface area contributed by atoms with Crippen molar-refractivity contribution in [3.8, 4) is 0 Å². The number of hydrogen-bond donors (Lipinski definition) is 1. The van der Waals surface area contributed by atoms with Crippen LogP contribution in [0.1, 0.15) is 9.67 Å². The van der Waals surface area contributed by atoms with Gasteiger partial charge in [0.1, 0.15) is 0 Å². The van der Waals surface area contributed by atoms with Gasteiger partial charge in [-0.15, -0.1) is 11.3 Å². The topological polar surface area (TPSA) is 43.1 Å². The van der Waals surface area contributed by atoms with E-state index in [1.807, 2.05) is 29.6 Å². The molecule has 0 aliphatic rings. The predicted molar refractivity (Wildman–Crippen MR) is 50.5 cm³/mol. The molecule has 1 heterocycles. The Labute approximate surface area is 75.0 Å². The van der Waals surface area contributed by atoms with Crippen LogP contribution in [0, 0.1) is 0 Å². The van der Waals surface area contributed by atoms with Crippen LogP contribution in [-0.4, -0.2) is 5.91 Å². The van der Waals surface area contributed by atoms with Crippen LogP contribution in [0.15, 0.2) is 41.8 Å². The van der Waals surface area contributed by atoms with Gasteiger partial charge in [-0.1, -0.05) is 30.3 Å². The smallest absolute Gasteiger partial charge is 0.258 e. The molecule has 0 aliphatic heterocycles. The van der Waals surface area contributed by atoms with Crippen molar-refractivity contribution in [2.24, 2.45) is 5.73 Å². The van der Waals surface area contributed by atoms with Crippen molar-refractivity contribution in [1.82, 2.24) is 0 Å². The summed E-state index contributed by atoms with van der Waals surface area (Å²) in [6.45, 7) is 0. The number of hydrogen-bond acceptors (Lipinski definition) is 2. The first kappa shape index (κ1) is 8.74. The molecule has 0 spiro atoms. The Balaban J connectivity index is 3.19. The molecule has 0 saturated carbocycles. The third-order valence-electron chi connectivity index (χ3n) is 1.21. The Morgan fingerprint density at radius 1 is 1.17 bits per heavy atom. The molecule has 1 aromatic rings. The molecule has 0 fully saturated rings. The summed E-state index contributed by atoms with van der Waals surface area (Å²) in [4.78, 5) is 11.3. The maximum Gasteiger partial charge on any atom is 0.258 e. The summed E-state index contributed by atoms with van der Waals surface area (Å²) in [5, 5.41) is 1.82. The van der Waals surface area contributed by atoms with Gasteiger partial charge in [0.05, 0.1) is 4.88 Å². The normalized spacial score (nSPS) is 8.67. The zero-order chi connectivity index (χ0) is 8.81. The van der Waals surface area contributed by atoms with Crippen molar-refractivity contribution >= 4 is 17.2 Å². The minimum atomic E-state index is -0.392. The molecule has 3 heteroatoms. The first-order chi connectivity index (χ1) is 5.80. The van der Waals surface area contributed by atoms with Crippen LogP contribution in [-0.2, 0) is 0 Å². The lowest BCUT2D eigenvalue weighted by molar-refractivity contribution is 0.100. The zero-order valence-electron chi connectivity index (χ0n) is 6.44. The van der Waals surface area contributed by atoms with Gasteiger partial charge < -0.3 is 5.73 Å². The van der Waals surface area contributed by atoms with E-state index in [1.54, 1.807) is 12.1 Å². The number of amides is 1. The fraction of sp³-hybridized carbons (Fsp3) is 0. The lowest BCUT2D eigenvalue weighted by Crippen LogP contribution is -2.08. The molecule has 0 bridgehead atoms. The molecule has 1 aromatic heterocycles. The molecule has 12 heavy (non-hydrogen) atoms. The van der Waals surface area contributed by atoms with E-state index in [0.717, 1.165) is 0 Å². The van der Waals surface area contributed by atoms with E-state index in [9.17, 15) is 4.79 Å². The molecule has 0 unspecified atom stereocenters. The van der Waals surface area contributed by atoms with Gasteiger partial charge in [-0.2, -0.15) is 0 Å². The number of carbonyl (C=O) groups excluding carboxylic acids is 1. The van der Waals surface area contributed by atoms with Crippen molar-refractivity contribution < 1.29 is 4.79 Å². The second-order valence-electron chi connectivity index (χ2n) is 2.11. The van der Waals surface area contributed by atoms with Gasteiger partial charge in [0.15, 0.2) is 0 Å². The molecule has 62 valence electrons. The number of rotatable bonds is 1. The molecule has 0 radical (unpaired) electrons. The summed E-state index contributed by atoms with van der Waals surface area (Å²) in [6.07, 6.45) is 0. The molecule has 0 saturated heterocycles. The number of nitrogens with two attached hydrogens (primary N) is 1. The van der Waals surface area contributed by atoms with E-state index in [-0.39, 0.29) is 0 Å². The second-order valence-corrected chi connectivity index (χ2v) is 3.06. The third-order valence-corrected chi connectivity index (χ3v) is 2.09. The lowest BCUT2D eigenvalue weighted by Gasteiger charge is -1.85. The fourth-order valence-corrected chi connectivity index (χ4v) is 1.26. The first-order valence-corrected chi connectivity index (χ1v) is 4.35. The van der Waals surface area contributed by atoms with E-state index in [2.05, 4.69) is 0 Å². The molecule has 0 aliphatic carbocycles. The first-order valence-electron chi connectivity index (χ1n) is 3.47. The average Bonchev–Trinajstić information content (AvgIpc) is 2.15. The lowest BCUT2D eigenvalue weighted by atomic mass is 10.4. The van der Waals surface area contributed by atoms with Crippen LogP contribution in [0.4, 0.5) is 0 Å². The molecule has 1 rings (SSSR count). The van der Waals surface area contributed by atoms with Crippen molar-refractivity contribution in [3.63, 3.8) is 0 Å². The van der Waals surface area contributed by atoms with E-state index >= 15 is 0 Å². The Morgan fingerprint density at radius 2 is 1.83 bits per heavy atom. The molecule has 1 amide bonds. The summed E-state index contributed by atoms with van der Waals surface area (Å²) in [6, 6.07) is 11.0. The quantitative estimate of drug-likeness (QED) is 0.703. The Hall–Kier alpha value is -1.35. The van der Waals surface area contributed by atoms with Crippen LogP contribution in [0.5, 0.6) is 0 Å². The largest absolute Gasteiger partial charge is 0.365 e. The monoisotopic (exact) mass is 179 g/mol. The Bertz CT molecular complexity index is 294. The van der Waals surface area contributed by atoms with Gasteiger partial charge >= 0.3 is 0 Å². The Morgan fingerprint density at radius 3 is 2.58 bits per heavy atom. The van der Waals surface area contributed by atoms with E-state index in [1.165, 1.54) is 11.3 Å². The Kier molecular flexibility index (Phi) is 3.29. The zero-order valence-corrected chi connectivity index (χ0v) is 7.25. The van der Waals surface area contributed by atoms with Crippen LogP contribution in [0.2, 0.25) is 0 Å². The standard InChI is InChI=1S/C9H9NOS/c10-9(11)8-6-4-2-1-3-5-7-12-8/h1-7H,(H2,10,11). The molecule has 2 N–H and O–H groups in total. The van der Waals surface area contributed by atoms with Gasteiger partial charge in [-0.05, 0) is 11.4 Å². The van der Waals surface area contributed by atoms with Crippen LogP contribution in [0.25, 0.3) is 0 Å². The minimum Gasteiger partial charge on any atom is -0.365 e. The molecule has 2 nitrogen and oxygen atoms in total. The van der Waals surface area contributed by atoms with Crippen molar-refractivity contribution in [1.29, 1.82) is 0 Å². The average molecular weight is 179 g/mol. The van der Waals surface area contributed by atoms with Crippen LogP contribution < -0.4 is 5.73 Å². The summed E-state index contributed by atoms with van der Waals surface area (Å²) in [5.41, 5.74) is 5.12. The van der Waals surface area contributed by atoms with Crippen molar-refractivity contribution in [2.45, 2.75) is 0 Å². The highest BCUT2D eigenvalue weighted by Crippen LogP contribution is 2.01. The summed E-state index contributed by atoms with van der Waals surface area (Å²) < 4.78 is 0. The number of primary amides is 1. The molecule has 0 atom stereocenters. The molecular formula is C9H9NOS. The summed E-state index contributed by atoms with van der Waals surface area (Å²) in [5.74, 6) is -0.392. The van der Waals surface area contributed by atoms with Crippen molar-refractivity contribution in [2.75, 3.05) is 0 Å². The SMILES string of the molecule is NC(=O)c1cccccccs1. The van der Waals surface area contributed by atoms with Crippen LogP contribution >= 0.6 is 11.3 Å². The van der Waals surface area contributed by atoms with Crippen LogP contribution in [0.3, 0.4) is 0 Å². The third kappa shape index (κ3) is 2.72. The van der Waals surface area contributed by atoms with E-state index < -0.39 is 5.91 Å². The summed E-state index contributed by atoms with van der Waals surface area (Å²) >= 11 is 1.32. The highest BCUT2D eigenvalue weighted by atomic mass is 32.1. The maximum atomic E-state index is 10.8. The minimum absolute atomic E-state index is 0.392. The second kappa shape index (κ2) is 4.51. The van der Waals surface area contributed by atoms with E-state index in [4.69, 9.17) is 5.73 Å². The molecule has 0 aromatic carbocycles.